The molecule has 0 aromatic heterocycles. The third-order valence-corrected chi connectivity index (χ3v) is 5.15. The van der Waals surface area contributed by atoms with Crippen LogP contribution in [0.15, 0.2) is 0 Å². The summed E-state index contributed by atoms with van der Waals surface area (Å²) in [6, 6.07) is 0.390. The fourth-order valence-electron chi connectivity index (χ4n) is 3.75. The quantitative estimate of drug-likeness (QED) is 0.846. The first kappa shape index (κ1) is 15.3. The van der Waals surface area contributed by atoms with Gasteiger partial charge < -0.3 is 15.5 Å². The van der Waals surface area contributed by atoms with Crippen molar-refractivity contribution in [3.8, 4) is 0 Å². The van der Waals surface area contributed by atoms with Crippen molar-refractivity contribution in [2.75, 3.05) is 39.3 Å². The number of hydrogen-bond acceptors (Lipinski definition) is 3. The molecule has 0 aromatic rings. The van der Waals surface area contributed by atoms with E-state index in [-0.39, 0.29) is 0 Å². The Morgan fingerprint density at radius 1 is 1.11 bits per heavy atom. The van der Waals surface area contributed by atoms with Gasteiger partial charge in [-0.3, -0.25) is 0 Å². The van der Waals surface area contributed by atoms with Crippen molar-refractivity contribution in [1.82, 2.24) is 9.80 Å². The summed E-state index contributed by atoms with van der Waals surface area (Å²) in [7, 11) is 0. The molecule has 0 bridgehead atoms. The Morgan fingerprint density at radius 3 is 2.16 bits per heavy atom. The second kappa shape index (κ2) is 6.11. The SMILES string of the molecule is CC(C)CN1CCN(CC2CCC(C)(C)C2N)CC1. The molecule has 2 unspecified atom stereocenters. The van der Waals surface area contributed by atoms with Crippen molar-refractivity contribution in [3.63, 3.8) is 0 Å². The highest BCUT2D eigenvalue weighted by atomic mass is 15.3. The Kier molecular flexibility index (Phi) is 4.91. The predicted molar refractivity (Wildman–Crippen MR) is 82.2 cm³/mol. The highest BCUT2D eigenvalue weighted by Crippen LogP contribution is 2.40. The van der Waals surface area contributed by atoms with Gasteiger partial charge in [0.15, 0.2) is 0 Å². The molecule has 0 spiro atoms. The van der Waals surface area contributed by atoms with Crippen LogP contribution in [0.5, 0.6) is 0 Å². The highest BCUT2D eigenvalue weighted by Gasteiger charge is 2.40. The lowest BCUT2D eigenvalue weighted by atomic mass is 9.85. The van der Waals surface area contributed by atoms with E-state index in [0.29, 0.717) is 17.4 Å². The minimum Gasteiger partial charge on any atom is -0.327 e. The molecule has 1 heterocycles. The van der Waals surface area contributed by atoms with Crippen LogP contribution >= 0.6 is 0 Å². The van der Waals surface area contributed by atoms with E-state index in [0.717, 1.165) is 5.92 Å². The third kappa shape index (κ3) is 3.93. The van der Waals surface area contributed by atoms with Crippen molar-refractivity contribution in [2.45, 2.75) is 46.6 Å². The summed E-state index contributed by atoms with van der Waals surface area (Å²) >= 11 is 0. The largest absolute Gasteiger partial charge is 0.327 e. The van der Waals surface area contributed by atoms with Crippen LogP contribution in [-0.2, 0) is 0 Å². The Balaban J connectivity index is 1.74. The van der Waals surface area contributed by atoms with Gasteiger partial charge in [-0.05, 0) is 30.1 Å². The van der Waals surface area contributed by atoms with Gasteiger partial charge in [0.2, 0.25) is 0 Å². The molecule has 1 aliphatic heterocycles. The van der Waals surface area contributed by atoms with Crippen LogP contribution < -0.4 is 5.73 Å². The van der Waals surface area contributed by atoms with Gasteiger partial charge in [-0.25, -0.2) is 0 Å². The van der Waals surface area contributed by atoms with Crippen LogP contribution in [0.1, 0.15) is 40.5 Å². The summed E-state index contributed by atoms with van der Waals surface area (Å²) in [5.41, 5.74) is 6.78. The molecule has 0 aromatic carbocycles. The molecule has 1 saturated heterocycles. The number of nitrogens with zero attached hydrogens (tertiary/aromatic N) is 2. The maximum Gasteiger partial charge on any atom is 0.0131 e. The number of hydrogen-bond donors (Lipinski definition) is 1. The number of piperazine rings is 1. The molecule has 2 atom stereocenters. The van der Waals surface area contributed by atoms with Gasteiger partial charge in [0, 0.05) is 45.3 Å². The second-order valence-corrected chi connectivity index (χ2v) is 7.81. The molecule has 0 radical (unpaired) electrons. The first-order valence-electron chi connectivity index (χ1n) is 8.09. The summed E-state index contributed by atoms with van der Waals surface area (Å²) in [5, 5.41) is 0. The number of rotatable bonds is 4. The van der Waals surface area contributed by atoms with Crippen molar-refractivity contribution in [3.05, 3.63) is 0 Å². The van der Waals surface area contributed by atoms with E-state index in [4.69, 9.17) is 5.73 Å². The summed E-state index contributed by atoms with van der Waals surface area (Å²) in [5.74, 6) is 1.50. The van der Waals surface area contributed by atoms with Gasteiger partial charge in [0.1, 0.15) is 0 Å². The maximum atomic E-state index is 6.43. The zero-order valence-corrected chi connectivity index (χ0v) is 13.4. The smallest absolute Gasteiger partial charge is 0.0131 e. The summed E-state index contributed by atoms with van der Waals surface area (Å²) in [6.45, 7) is 16.7. The molecule has 2 rings (SSSR count). The lowest BCUT2D eigenvalue weighted by Crippen LogP contribution is -2.50. The van der Waals surface area contributed by atoms with Crippen molar-refractivity contribution >= 4 is 0 Å². The van der Waals surface area contributed by atoms with E-state index in [1.54, 1.807) is 0 Å². The summed E-state index contributed by atoms with van der Waals surface area (Å²) in [6.07, 6.45) is 2.62. The Hall–Kier alpha value is -0.120. The van der Waals surface area contributed by atoms with Gasteiger partial charge in [0.05, 0.1) is 0 Å². The van der Waals surface area contributed by atoms with Crippen LogP contribution in [0.2, 0.25) is 0 Å². The normalized spacial score (nSPS) is 33.2. The average Bonchev–Trinajstić information content (AvgIpc) is 2.58. The van der Waals surface area contributed by atoms with E-state index in [9.17, 15) is 0 Å². The first-order valence-corrected chi connectivity index (χ1v) is 8.09. The van der Waals surface area contributed by atoms with E-state index >= 15 is 0 Å². The monoisotopic (exact) mass is 267 g/mol. The van der Waals surface area contributed by atoms with Gasteiger partial charge in [-0.2, -0.15) is 0 Å². The zero-order chi connectivity index (χ0) is 14.0. The van der Waals surface area contributed by atoms with Gasteiger partial charge in [-0.1, -0.05) is 27.7 Å². The van der Waals surface area contributed by atoms with E-state index in [2.05, 4.69) is 37.5 Å². The fourth-order valence-corrected chi connectivity index (χ4v) is 3.75. The lowest BCUT2D eigenvalue weighted by molar-refractivity contribution is 0.104. The topological polar surface area (TPSA) is 32.5 Å². The van der Waals surface area contributed by atoms with Crippen molar-refractivity contribution in [1.29, 1.82) is 0 Å². The molecule has 0 amide bonds. The highest BCUT2D eigenvalue weighted by molar-refractivity contribution is 4.95. The lowest BCUT2D eigenvalue weighted by Gasteiger charge is -2.38. The molecule has 2 fully saturated rings. The number of nitrogens with two attached hydrogens (primary N) is 1. The minimum atomic E-state index is 0.351. The standard InChI is InChI=1S/C16H33N3/c1-13(2)11-18-7-9-19(10-8-18)12-14-5-6-16(3,4)15(14)17/h13-15H,5-12,17H2,1-4H3. The maximum absolute atomic E-state index is 6.43. The molecule has 2 N–H and O–H groups in total. The van der Waals surface area contributed by atoms with Gasteiger partial charge in [0.25, 0.3) is 0 Å². The summed E-state index contributed by atoms with van der Waals surface area (Å²) < 4.78 is 0. The molecular weight excluding hydrogens is 234 g/mol. The van der Waals surface area contributed by atoms with Crippen LogP contribution in [-0.4, -0.2) is 55.1 Å². The Labute approximate surface area is 119 Å². The third-order valence-electron chi connectivity index (χ3n) is 5.15. The molecule has 112 valence electrons. The fraction of sp³-hybridized carbons (Fsp3) is 1.00. The van der Waals surface area contributed by atoms with Crippen LogP contribution in [0.25, 0.3) is 0 Å². The van der Waals surface area contributed by atoms with E-state index in [1.807, 2.05) is 0 Å². The van der Waals surface area contributed by atoms with E-state index in [1.165, 1.54) is 52.1 Å². The molecule has 1 saturated carbocycles. The van der Waals surface area contributed by atoms with Crippen molar-refractivity contribution < 1.29 is 0 Å². The predicted octanol–water partition coefficient (Wildman–Crippen LogP) is 2.02. The van der Waals surface area contributed by atoms with Crippen LogP contribution in [0.3, 0.4) is 0 Å². The molecule has 2 aliphatic rings. The molecular formula is C16H33N3. The summed E-state index contributed by atoms with van der Waals surface area (Å²) in [4.78, 5) is 5.25. The average molecular weight is 267 g/mol. The van der Waals surface area contributed by atoms with Gasteiger partial charge >= 0.3 is 0 Å². The van der Waals surface area contributed by atoms with Crippen LogP contribution in [0.4, 0.5) is 0 Å². The van der Waals surface area contributed by atoms with Gasteiger partial charge in [-0.15, -0.1) is 0 Å². The Bertz CT molecular complexity index is 280. The van der Waals surface area contributed by atoms with Crippen LogP contribution in [0, 0.1) is 17.3 Å². The second-order valence-electron chi connectivity index (χ2n) is 7.81. The molecule has 1 aliphatic carbocycles. The van der Waals surface area contributed by atoms with Crippen molar-refractivity contribution in [2.24, 2.45) is 23.0 Å². The molecule has 3 nitrogen and oxygen atoms in total. The Morgan fingerprint density at radius 2 is 1.68 bits per heavy atom. The first-order chi connectivity index (χ1) is 8.88. The molecule has 3 heteroatoms. The molecule has 19 heavy (non-hydrogen) atoms. The van der Waals surface area contributed by atoms with E-state index < -0.39 is 0 Å². The minimum absolute atomic E-state index is 0.351. The zero-order valence-electron chi connectivity index (χ0n) is 13.4.